The number of aromatic nitrogens is 2. The minimum atomic E-state index is -0.276. The Balaban J connectivity index is 1.80. The third kappa shape index (κ3) is 5.25. The number of nitrogens with zero attached hydrogens (tertiary/aromatic N) is 2. The SMILES string of the molecule is Cc1cc(OCC(=O)Nc2c(C)cccc2-c2nc(C(C)C)no2)c(C(C)C)cc1Cl. The lowest BCUT2D eigenvalue weighted by molar-refractivity contribution is -0.118. The number of rotatable bonds is 7. The highest BCUT2D eigenvalue weighted by Crippen LogP contribution is 2.33. The van der Waals surface area contributed by atoms with E-state index in [1.807, 2.05) is 58.0 Å². The molecule has 3 rings (SSSR count). The van der Waals surface area contributed by atoms with Crippen LogP contribution in [0.5, 0.6) is 5.75 Å². The van der Waals surface area contributed by atoms with Crippen LogP contribution in [0.3, 0.4) is 0 Å². The van der Waals surface area contributed by atoms with Gasteiger partial charge in [-0.2, -0.15) is 4.98 Å². The highest BCUT2D eigenvalue weighted by atomic mass is 35.5. The summed E-state index contributed by atoms with van der Waals surface area (Å²) in [4.78, 5) is 17.2. The van der Waals surface area contributed by atoms with E-state index >= 15 is 0 Å². The topological polar surface area (TPSA) is 77.2 Å². The molecule has 0 atom stereocenters. The summed E-state index contributed by atoms with van der Waals surface area (Å²) in [5.41, 5.74) is 4.07. The molecule has 0 saturated carbocycles. The van der Waals surface area contributed by atoms with E-state index in [9.17, 15) is 4.79 Å². The average Bonchev–Trinajstić information content (AvgIpc) is 3.20. The monoisotopic (exact) mass is 441 g/mol. The van der Waals surface area contributed by atoms with Crippen molar-refractivity contribution in [1.82, 2.24) is 10.1 Å². The first-order valence-corrected chi connectivity index (χ1v) is 10.7. The average molecular weight is 442 g/mol. The molecule has 6 nitrogen and oxygen atoms in total. The second-order valence-electron chi connectivity index (χ2n) is 8.24. The van der Waals surface area contributed by atoms with Gasteiger partial charge >= 0.3 is 0 Å². The summed E-state index contributed by atoms with van der Waals surface area (Å²) < 4.78 is 11.3. The molecule has 0 bridgehead atoms. The highest BCUT2D eigenvalue weighted by molar-refractivity contribution is 6.31. The minimum absolute atomic E-state index is 0.129. The summed E-state index contributed by atoms with van der Waals surface area (Å²) in [5, 5.41) is 7.65. The van der Waals surface area contributed by atoms with Crippen molar-refractivity contribution >= 4 is 23.2 Å². The van der Waals surface area contributed by atoms with E-state index in [2.05, 4.69) is 29.3 Å². The summed E-state index contributed by atoms with van der Waals surface area (Å²) in [6.45, 7) is 11.8. The van der Waals surface area contributed by atoms with Crippen LogP contribution in [0.2, 0.25) is 5.02 Å². The molecular formula is C24H28ClN3O3. The van der Waals surface area contributed by atoms with Gasteiger partial charge in [0.25, 0.3) is 11.8 Å². The van der Waals surface area contributed by atoms with E-state index in [1.54, 1.807) is 0 Å². The van der Waals surface area contributed by atoms with Crippen LogP contribution in [0.25, 0.3) is 11.5 Å². The number of hydrogen-bond donors (Lipinski definition) is 1. The molecule has 0 unspecified atom stereocenters. The number of amides is 1. The maximum Gasteiger partial charge on any atom is 0.262 e. The molecule has 0 saturated heterocycles. The van der Waals surface area contributed by atoms with Gasteiger partial charge in [0, 0.05) is 10.9 Å². The van der Waals surface area contributed by atoms with Crippen molar-refractivity contribution in [3.8, 4) is 17.2 Å². The summed E-state index contributed by atoms with van der Waals surface area (Å²) in [6, 6.07) is 9.42. The molecule has 7 heteroatoms. The maximum absolute atomic E-state index is 12.7. The van der Waals surface area contributed by atoms with E-state index in [0.29, 0.717) is 33.7 Å². The van der Waals surface area contributed by atoms with E-state index < -0.39 is 0 Å². The fraction of sp³-hybridized carbons (Fsp3) is 0.375. The van der Waals surface area contributed by atoms with E-state index in [-0.39, 0.29) is 24.3 Å². The summed E-state index contributed by atoms with van der Waals surface area (Å²) >= 11 is 6.26. The normalized spacial score (nSPS) is 11.3. The van der Waals surface area contributed by atoms with Crippen LogP contribution < -0.4 is 10.1 Å². The Bertz CT molecular complexity index is 1090. The summed E-state index contributed by atoms with van der Waals surface area (Å²) in [7, 11) is 0. The first-order chi connectivity index (χ1) is 14.7. The maximum atomic E-state index is 12.7. The van der Waals surface area contributed by atoms with Crippen molar-refractivity contribution in [1.29, 1.82) is 0 Å². The van der Waals surface area contributed by atoms with Crippen LogP contribution in [0.1, 0.15) is 62.0 Å². The van der Waals surface area contributed by atoms with Gasteiger partial charge in [0.15, 0.2) is 12.4 Å². The third-order valence-corrected chi connectivity index (χ3v) is 5.40. The molecule has 1 aromatic heterocycles. The zero-order valence-corrected chi connectivity index (χ0v) is 19.5. The van der Waals surface area contributed by atoms with E-state index in [0.717, 1.165) is 16.7 Å². The number of nitrogens with one attached hydrogen (secondary N) is 1. The molecular weight excluding hydrogens is 414 g/mol. The molecule has 2 aromatic carbocycles. The van der Waals surface area contributed by atoms with Crippen LogP contribution in [0.15, 0.2) is 34.9 Å². The molecule has 0 radical (unpaired) electrons. The number of carbonyl (C=O) groups is 1. The molecule has 0 aliphatic carbocycles. The van der Waals surface area contributed by atoms with Crippen molar-refractivity contribution in [2.45, 2.75) is 53.4 Å². The Labute approximate surface area is 188 Å². The quantitative estimate of drug-likeness (QED) is 0.467. The van der Waals surface area contributed by atoms with Gasteiger partial charge in [0.2, 0.25) is 0 Å². The molecule has 0 aliphatic heterocycles. The van der Waals surface area contributed by atoms with Crippen molar-refractivity contribution in [2.24, 2.45) is 0 Å². The molecule has 31 heavy (non-hydrogen) atoms. The van der Waals surface area contributed by atoms with E-state index in [4.69, 9.17) is 20.9 Å². The first-order valence-electron chi connectivity index (χ1n) is 10.3. The fourth-order valence-electron chi connectivity index (χ4n) is 3.16. The summed E-state index contributed by atoms with van der Waals surface area (Å²) in [5.74, 6) is 1.74. The molecule has 0 spiro atoms. The van der Waals surface area contributed by atoms with Crippen LogP contribution in [-0.4, -0.2) is 22.7 Å². The smallest absolute Gasteiger partial charge is 0.262 e. The van der Waals surface area contributed by atoms with Gasteiger partial charge in [-0.25, -0.2) is 0 Å². The van der Waals surface area contributed by atoms with E-state index in [1.165, 1.54) is 0 Å². The zero-order chi connectivity index (χ0) is 22.7. The predicted molar refractivity (Wildman–Crippen MR) is 123 cm³/mol. The molecule has 1 heterocycles. The number of carbonyl (C=O) groups excluding carboxylic acids is 1. The van der Waals surface area contributed by atoms with Gasteiger partial charge < -0.3 is 14.6 Å². The van der Waals surface area contributed by atoms with Crippen molar-refractivity contribution in [3.63, 3.8) is 0 Å². The van der Waals surface area contributed by atoms with Gasteiger partial charge in [-0.15, -0.1) is 0 Å². The Morgan fingerprint density at radius 3 is 2.52 bits per heavy atom. The van der Waals surface area contributed by atoms with Gasteiger partial charge in [-0.05, 0) is 54.7 Å². The number of benzene rings is 2. The van der Waals surface area contributed by atoms with Crippen molar-refractivity contribution in [3.05, 3.63) is 57.9 Å². The number of hydrogen-bond acceptors (Lipinski definition) is 5. The summed E-state index contributed by atoms with van der Waals surface area (Å²) in [6.07, 6.45) is 0. The molecule has 1 amide bonds. The van der Waals surface area contributed by atoms with Crippen LogP contribution in [-0.2, 0) is 4.79 Å². The lowest BCUT2D eigenvalue weighted by Crippen LogP contribution is -2.21. The van der Waals surface area contributed by atoms with Gasteiger partial charge in [-0.3, -0.25) is 4.79 Å². The number of para-hydroxylation sites is 1. The molecule has 164 valence electrons. The second kappa shape index (κ2) is 9.52. The number of anilines is 1. The van der Waals surface area contributed by atoms with Crippen molar-refractivity contribution < 1.29 is 14.1 Å². The van der Waals surface area contributed by atoms with Crippen LogP contribution in [0.4, 0.5) is 5.69 Å². The minimum Gasteiger partial charge on any atom is -0.483 e. The largest absolute Gasteiger partial charge is 0.483 e. The van der Waals surface area contributed by atoms with Crippen molar-refractivity contribution in [2.75, 3.05) is 11.9 Å². The lowest BCUT2D eigenvalue weighted by Gasteiger charge is -2.16. The van der Waals surface area contributed by atoms with Gasteiger partial charge in [-0.1, -0.05) is 56.6 Å². The molecule has 1 N–H and O–H groups in total. The Morgan fingerprint density at radius 1 is 1.13 bits per heavy atom. The number of halogens is 1. The molecule has 0 aliphatic rings. The molecule has 3 aromatic rings. The highest BCUT2D eigenvalue weighted by Gasteiger charge is 2.18. The number of ether oxygens (including phenoxy) is 1. The first kappa shape index (κ1) is 22.8. The Hall–Kier alpha value is -2.86. The fourth-order valence-corrected chi connectivity index (χ4v) is 3.33. The molecule has 0 fully saturated rings. The Morgan fingerprint density at radius 2 is 1.87 bits per heavy atom. The lowest BCUT2D eigenvalue weighted by atomic mass is 10.0. The predicted octanol–water partition coefficient (Wildman–Crippen LogP) is 6.27. The zero-order valence-electron chi connectivity index (χ0n) is 18.7. The second-order valence-corrected chi connectivity index (χ2v) is 8.65. The number of aryl methyl sites for hydroxylation is 2. The standard InChI is InChI=1S/C24H28ClN3O3/c1-13(2)18-11-19(25)16(6)10-20(18)30-12-21(29)26-22-15(5)8-7-9-17(22)24-27-23(14(3)4)28-31-24/h7-11,13-14H,12H2,1-6H3,(H,26,29). The van der Waals surface area contributed by atoms with Crippen LogP contribution in [0, 0.1) is 13.8 Å². The van der Waals surface area contributed by atoms with Gasteiger partial charge in [0.05, 0.1) is 11.3 Å². The Kier molecular flexibility index (Phi) is 7.01. The third-order valence-electron chi connectivity index (χ3n) is 5.00. The van der Waals surface area contributed by atoms with Gasteiger partial charge in [0.1, 0.15) is 5.75 Å². The van der Waals surface area contributed by atoms with Crippen LogP contribution >= 0.6 is 11.6 Å².